The summed E-state index contributed by atoms with van der Waals surface area (Å²) < 4.78 is 0. The fourth-order valence-corrected chi connectivity index (χ4v) is 5.42. The zero-order chi connectivity index (χ0) is 25.7. The summed E-state index contributed by atoms with van der Waals surface area (Å²) in [5, 5.41) is 20.1. The van der Waals surface area contributed by atoms with E-state index < -0.39 is 0 Å². The van der Waals surface area contributed by atoms with Crippen LogP contribution in [0.15, 0.2) is 48.5 Å². The number of para-hydroxylation sites is 1. The van der Waals surface area contributed by atoms with E-state index in [1.165, 1.54) is 122 Å². The van der Waals surface area contributed by atoms with Gasteiger partial charge in [0.05, 0.1) is 0 Å². The number of phenolic OH excluding ortho intramolecular Hbond substituents is 2. The normalized spacial score (nSPS) is 12.1. The van der Waals surface area contributed by atoms with Crippen LogP contribution in [0.5, 0.6) is 11.5 Å². The van der Waals surface area contributed by atoms with Crippen LogP contribution in [0.25, 0.3) is 0 Å². The summed E-state index contributed by atoms with van der Waals surface area (Å²) in [7, 11) is 0. The average molecular weight is 495 g/mol. The molecule has 2 nitrogen and oxygen atoms in total. The Labute approximate surface area is 222 Å². The zero-order valence-corrected chi connectivity index (χ0v) is 23.2. The summed E-state index contributed by atoms with van der Waals surface area (Å²) in [5.41, 5.74) is 2.15. The van der Waals surface area contributed by atoms with Crippen LogP contribution in [0.2, 0.25) is 0 Å². The van der Waals surface area contributed by atoms with Crippen LogP contribution in [0, 0.1) is 0 Å². The molecule has 0 heterocycles. The summed E-state index contributed by atoms with van der Waals surface area (Å²) in [6.45, 7) is 2.29. The maximum atomic E-state index is 10.4. The van der Waals surface area contributed by atoms with Crippen molar-refractivity contribution in [3.8, 4) is 11.5 Å². The van der Waals surface area contributed by atoms with Gasteiger partial charge in [0, 0.05) is 11.5 Å². The molecule has 0 aliphatic carbocycles. The second-order valence-electron chi connectivity index (χ2n) is 10.9. The van der Waals surface area contributed by atoms with Crippen molar-refractivity contribution in [1.29, 1.82) is 0 Å². The van der Waals surface area contributed by atoms with Crippen molar-refractivity contribution in [3.05, 3.63) is 59.7 Å². The van der Waals surface area contributed by atoms with Crippen molar-refractivity contribution in [2.24, 2.45) is 0 Å². The summed E-state index contributed by atoms with van der Waals surface area (Å²) in [4.78, 5) is 0. The number of hydrogen-bond acceptors (Lipinski definition) is 2. The molecule has 2 aromatic rings. The van der Waals surface area contributed by atoms with Crippen molar-refractivity contribution in [3.63, 3.8) is 0 Å². The number of phenols is 2. The number of benzene rings is 2. The van der Waals surface area contributed by atoms with Crippen LogP contribution in [-0.2, 0) is 0 Å². The third-order valence-electron chi connectivity index (χ3n) is 7.70. The van der Waals surface area contributed by atoms with Gasteiger partial charge in [0.15, 0.2) is 0 Å². The highest BCUT2D eigenvalue weighted by Crippen LogP contribution is 2.35. The molecule has 0 spiro atoms. The first-order valence-electron chi connectivity index (χ1n) is 15.3. The topological polar surface area (TPSA) is 40.5 Å². The van der Waals surface area contributed by atoms with E-state index in [0.717, 1.165) is 17.5 Å². The van der Waals surface area contributed by atoms with Crippen molar-refractivity contribution >= 4 is 0 Å². The Bertz CT molecular complexity index is 767. The van der Waals surface area contributed by atoms with Crippen LogP contribution in [0.3, 0.4) is 0 Å². The molecule has 0 aliphatic heterocycles. The Kier molecular flexibility index (Phi) is 16.9. The second kappa shape index (κ2) is 20.1. The van der Waals surface area contributed by atoms with Gasteiger partial charge in [-0.1, -0.05) is 159 Å². The van der Waals surface area contributed by atoms with E-state index in [0.29, 0.717) is 11.5 Å². The van der Waals surface area contributed by atoms with Crippen LogP contribution in [0.4, 0.5) is 0 Å². The molecule has 0 radical (unpaired) electrons. The fraction of sp³-hybridized carbons (Fsp3) is 0.647. The van der Waals surface area contributed by atoms with E-state index in [2.05, 4.69) is 6.92 Å². The Hall–Kier alpha value is -1.96. The van der Waals surface area contributed by atoms with Crippen molar-refractivity contribution in [2.45, 2.75) is 141 Å². The van der Waals surface area contributed by atoms with Gasteiger partial charge in [-0.2, -0.15) is 0 Å². The predicted octanol–water partition coefficient (Wildman–Crippen LogP) is 11.1. The maximum Gasteiger partial charge on any atom is 0.119 e. The number of rotatable bonds is 22. The van der Waals surface area contributed by atoms with Gasteiger partial charge in [-0.25, -0.2) is 0 Å². The highest BCUT2D eigenvalue weighted by Gasteiger charge is 2.17. The standard InChI is InChI=1S/C34H54O2/c1-2-3-4-5-6-7-8-9-10-11-12-13-14-15-16-17-18-19-20-23-32(30-26-28-31(35)29-27-30)33-24-21-22-25-34(33)36/h21-22,24-29,32,35-36H,2-20,23H2,1H3. The molecule has 1 atom stereocenters. The van der Waals surface area contributed by atoms with Gasteiger partial charge in [-0.15, -0.1) is 0 Å². The lowest BCUT2D eigenvalue weighted by molar-refractivity contribution is 0.459. The lowest BCUT2D eigenvalue weighted by Crippen LogP contribution is -2.02. The van der Waals surface area contributed by atoms with Gasteiger partial charge in [0.2, 0.25) is 0 Å². The lowest BCUT2D eigenvalue weighted by atomic mass is 9.86. The van der Waals surface area contributed by atoms with Gasteiger partial charge in [0.1, 0.15) is 11.5 Å². The predicted molar refractivity (Wildman–Crippen MR) is 156 cm³/mol. The molecule has 0 bridgehead atoms. The Morgan fingerprint density at radius 3 is 1.36 bits per heavy atom. The summed E-state index contributed by atoms with van der Waals surface area (Å²) in [6, 6.07) is 15.2. The number of aromatic hydroxyl groups is 2. The second-order valence-corrected chi connectivity index (χ2v) is 10.9. The third-order valence-corrected chi connectivity index (χ3v) is 7.70. The first-order chi connectivity index (χ1) is 17.7. The van der Waals surface area contributed by atoms with Gasteiger partial charge >= 0.3 is 0 Å². The lowest BCUT2D eigenvalue weighted by Gasteiger charge is -2.19. The van der Waals surface area contributed by atoms with E-state index in [-0.39, 0.29) is 5.92 Å². The number of hydrogen-bond donors (Lipinski definition) is 2. The Morgan fingerprint density at radius 1 is 0.500 bits per heavy atom. The largest absolute Gasteiger partial charge is 0.508 e. The molecule has 0 aliphatic rings. The van der Waals surface area contributed by atoms with E-state index in [4.69, 9.17) is 0 Å². The molecule has 0 fully saturated rings. The minimum absolute atomic E-state index is 0.178. The molecule has 0 saturated carbocycles. The van der Waals surface area contributed by atoms with Crippen molar-refractivity contribution in [1.82, 2.24) is 0 Å². The SMILES string of the molecule is CCCCCCCCCCCCCCCCCCCCCC(c1ccc(O)cc1)c1ccccc1O. The van der Waals surface area contributed by atoms with Crippen molar-refractivity contribution < 1.29 is 10.2 Å². The zero-order valence-electron chi connectivity index (χ0n) is 23.2. The molecule has 1 unspecified atom stereocenters. The van der Waals surface area contributed by atoms with E-state index in [9.17, 15) is 10.2 Å². The minimum atomic E-state index is 0.178. The van der Waals surface area contributed by atoms with Crippen LogP contribution in [-0.4, -0.2) is 10.2 Å². The molecule has 0 amide bonds. The molecule has 0 saturated heterocycles. The molecular formula is C34H54O2. The fourth-order valence-electron chi connectivity index (χ4n) is 5.42. The van der Waals surface area contributed by atoms with Crippen molar-refractivity contribution in [2.75, 3.05) is 0 Å². The molecular weight excluding hydrogens is 440 g/mol. The van der Waals surface area contributed by atoms with E-state index in [1.807, 2.05) is 30.3 Å². The van der Waals surface area contributed by atoms with Crippen LogP contribution >= 0.6 is 0 Å². The molecule has 0 aromatic heterocycles. The number of unbranched alkanes of at least 4 members (excludes halogenated alkanes) is 18. The smallest absolute Gasteiger partial charge is 0.119 e. The van der Waals surface area contributed by atoms with Gasteiger partial charge in [0.25, 0.3) is 0 Å². The Balaban J connectivity index is 1.46. The third kappa shape index (κ3) is 13.4. The van der Waals surface area contributed by atoms with E-state index >= 15 is 0 Å². The molecule has 2 heteroatoms. The molecule has 2 aromatic carbocycles. The van der Waals surface area contributed by atoms with Gasteiger partial charge in [-0.05, 0) is 30.2 Å². The summed E-state index contributed by atoms with van der Waals surface area (Å²) in [5.74, 6) is 0.837. The van der Waals surface area contributed by atoms with Crippen LogP contribution < -0.4 is 0 Å². The quantitative estimate of drug-likeness (QED) is 0.160. The highest BCUT2D eigenvalue weighted by molar-refractivity contribution is 5.42. The first-order valence-corrected chi connectivity index (χ1v) is 15.3. The monoisotopic (exact) mass is 494 g/mol. The molecule has 2 rings (SSSR count). The highest BCUT2D eigenvalue weighted by atomic mass is 16.3. The van der Waals surface area contributed by atoms with Crippen LogP contribution in [0.1, 0.15) is 152 Å². The molecule has 202 valence electrons. The Morgan fingerprint density at radius 2 is 0.917 bits per heavy atom. The first kappa shape index (κ1) is 30.3. The average Bonchev–Trinajstić information content (AvgIpc) is 2.89. The molecule has 2 N–H and O–H groups in total. The van der Waals surface area contributed by atoms with Gasteiger partial charge < -0.3 is 10.2 Å². The summed E-state index contributed by atoms with van der Waals surface area (Å²) in [6.07, 6.45) is 27.5. The van der Waals surface area contributed by atoms with Gasteiger partial charge in [-0.3, -0.25) is 0 Å². The van der Waals surface area contributed by atoms with E-state index in [1.54, 1.807) is 18.2 Å². The maximum absolute atomic E-state index is 10.4. The minimum Gasteiger partial charge on any atom is -0.508 e. The summed E-state index contributed by atoms with van der Waals surface area (Å²) >= 11 is 0. The molecule has 36 heavy (non-hydrogen) atoms.